The van der Waals surface area contributed by atoms with Crippen molar-refractivity contribution in [1.29, 1.82) is 0 Å². The van der Waals surface area contributed by atoms with Crippen molar-refractivity contribution in [2.45, 2.75) is 64.6 Å². The van der Waals surface area contributed by atoms with Crippen LogP contribution in [0.15, 0.2) is 28.4 Å². The highest BCUT2D eigenvalue weighted by molar-refractivity contribution is 7.78. The Morgan fingerprint density at radius 2 is 2.00 bits per heavy atom. The Morgan fingerprint density at radius 1 is 1.21 bits per heavy atom. The van der Waals surface area contributed by atoms with E-state index in [9.17, 15) is 10.2 Å². The van der Waals surface area contributed by atoms with Crippen LogP contribution in [-0.4, -0.2) is 28.1 Å². The zero-order valence-electron chi connectivity index (χ0n) is 14.5. The quantitative estimate of drug-likeness (QED) is 0.435. The molecular weight excluding hydrogens is 320 g/mol. The number of aliphatic hydroxyl groups excluding tert-OH is 2. The third kappa shape index (κ3) is 2.10. The number of hydrazone groups is 1. The molecule has 0 aromatic heterocycles. The van der Waals surface area contributed by atoms with Gasteiger partial charge in [0.05, 0.1) is 12.2 Å². The minimum absolute atomic E-state index is 0.110. The largest absolute Gasteiger partial charge is 0.393 e. The SMILES string of the molecule is C[C@]12C(=CC=C3C1CC[C@]1(C)/C(=N/NS)CCC31)C[C@@H](O)C[C@@H]2O. The van der Waals surface area contributed by atoms with Gasteiger partial charge in [0.25, 0.3) is 0 Å². The Labute approximate surface area is 149 Å². The summed E-state index contributed by atoms with van der Waals surface area (Å²) in [7, 11) is 0. The second-order valence-corrected chi connectivity index (χ2v) is 8.71. The summed E-state index contributed by atoms with van der Waals surface area (Å²) in [4.78, 5) is 2.69. The fourth-order valence-electron chi connectivity index (χ4n) is 6.09. The fraction of sp³-hybridized carbons (Fsp3) is 0.737. The van der Waals surface area contributed by atoms with Gasteiger partial charge < -0.3 is 10.2 Å². The summed E-state index contributed by atoms with van der Waals surface area (Å²) >= 11 is 4.06. The number of fused-ring (bicyclic) bond motifs is 5. The van der Waals surface area contributed by atoms with Gasteiger partial charge >= 0.3 is 0 Å². The molecule has 0 aromatic rings. The van der Waals surface area contributed by atoms with Crippen LogP contribution in [0.4, 0.5) is 0 Å². The first kappa shape index (κ1) is 16.7. The molecule has 0 aromatic carbocycles. The van der Waals surface area contributed by atoms with Crippen LogP contribution < -0.4 is 4.83 Å². The van der Waals surface area contributed by atoms with Crippen LogP contribution in [0.3, 0.4) is 0 Å². The lowest BCUT2D eigenvalue weighted by molar-refractivity contribution is -0.0475. The van der Waals surface area contributed by atoms with Crippen molar-refractivity contribution < 1.29 is 10.2 Å². The van der Waals surface area contributed by atoms with Gasteiger partial charge in [0, 0.05) is 23.0 Å². The number of nitrogens with zero attached hydrogens (tertiary/aromatic N) is 1. The minimum atomic E-state index is -0.459. The van der Waals surface area contributed by atoms with E-state index in [2.05, 4.69) is 48.7 Å². The molecule has 0 amide bonds. The van der Waals surface area contributed by atoms with Crippen molar-refractivity contribution >= 4 is 18.5 Å². The number of hydrogen-bond acceptors (Lipinski definition) is 5. The zero-order valence-corrected chi connectivity index (χ0v) is 15.4. The van der Waals surface area contributed by atoms with Gasteiger partial charge in [0.1, 0.15) is 0 Å². The van der Waals surface area contributed by atoms with Gasteiger partial charge in [-0.05, 0) is 43.9 Å². The molecule has 132 valence electrons. The second kappa shape index (κ2) is 5.61. The van der Waals surface area contributed by atoms with Crippen molar-refractivity contribution in [1.82, 2.24) is 4.83 Å². The summed E-state index contributed by atoms with van der Waals surface area (Å²) in [6, 6.07) is 0. The van der Waals surface area contributed by atoms with Crippen LogP contribution >= 0.6 is 12.8 Å². The molecule has 0 heterocycles. The normalized spacial score (nSPS) is 49.0. The van der Waals surface area contributed by atoms with Crippen LogP contribution in [0.25, 0.3) is 0 Å². The van der Waals surface area contributed by atoms with Gasteiger partial charge in [0.2, 0.25) is 0 Å². The second-order valence-electron chi connectivity index (χ2n) is 8.51. The molecule has 2 unspecified atom stereocenters. The lowest BCUT2D eigenvalue weighted by Gasteiger charge is -2.55. The van der Waals surface area contributed by atoms with Crippen molar-refractivity contribution in [3.05, 3.63) is 23.3 Å². The summed E-state index contributed by atoms with van der Waals surface area (Å²) in [5.41, 5.74) is 3.86. The highest BCUT2D eigenvalue weighted by atomic mass is 32.1. The van der Waals surface area contributed by atoms with Crippen molar-refractivity contribution in [3.8, 4) is 0 Å². The highest BCUT2D eigenvalue weighted by Gasteiger charge is 2.57. The Hall–Kier alpha value is -0.780. The Bertz CT molecular complexity index is 643. The molecule has 0 radical (unpaired) electrons. The highest BCUT2D eigenvalue weighted by Crippen LogP contribution is 2.62. The van der Waals surface area contributed by atoms with Crippen LogP contribution in [0.5, 0.6) is 0 Å². The molecule has 0 saturated heterocycles. The summed E-state index contributed by atoms with van der Waals surface area (Å²) in [5.74, 6) is 0.895. The number of allylic oxidation sites excluding steroid dienone is 3. The van der Waals surface area contributed by atoms with Gasteiger partial charge in [-0.25, -0.2) is 0 Å². The van der Waals surface area contributed by atoms with Crippen LogP contribution in [0, 0.1) is 22.7 Å². The van der Waals surface area contributed by atoms with E-state index in [0.717, 1.165) is 25.7 Å². The van der Waals surface area contributed by atoms with Crippen molar-refractivity contribution in [2.75, 3.05) is 0 Å². The minimum Gasteiger partial charge on any atom is -0.393 e. The van der Waals surface area contributed by atoms with E-state index in [4.69, 9.17) is 0 Å². The van der Waals surface area contributed by atoms with Crippen LogP contribution in [0.1, 0.15) is 52.4 Å². The Balaban J connectivity index is 1.74. The average molecular weight is 349 g/mol. The molecule has 0 bridgehead atoms. The van der Waals surface area contributed by atoms with E-state index in [1.807, 2.05) is 0 Å². The van der Waals surface area contributed by atoms with Crippen molar-refractivity contribution in [2.24, 2.45) is 27.8 Å². The van der Waals surface area contributed by atoms with E-state index in [1.165, 1.54) is 16.9 Å². The molecule has 4 nitrogen and oxygen atoms in total. The van der Waals surface area contributed by atoms with Gasteiger partial charge in [-0.1, -0.05) is 50.0 Å². The van der Waals surface area contributed by atoms with Crippen LogP contribution in [0.2, 0.25) is 0 Å². The molecule has 3 fully saturated rings. The maximum atomic E-state index is 10.8. The molecule has 4 rings (SSSR count). The first-order valence-electron chi connectivity index (χ1n) is 9.14. The molecule has 3 N–H and O–H groups in total. The molecular formula is C19H28N2O2S. The Kier molecular flexibility index (Phi) is 3.90. The predicted molar refractivity (Wildman–Crippen MR) is 98.6 cm³/mol. The monoisotopic (exact) mass is 348 g/mol. The topological polar surface area (TPSA) is 64.9 Å². The van der Waals surface area contributed by atoms with E-state index >= 15 is 0 Å². The van der Waals surface area contributed by atoms with Gasteiger partial charge in [0.15, 0.2) is 0 Å². The fourth-order valence-corrected chi connectivity index (χ4v) is 6.21. The van der Waals surface area contributed by atoms with Crippen LogP contribution in [-0.2, 0) is 0 Å². The molecule has 24 heavy (non-hydrogen) atoms. The summed E-state index contributed by atoms with van der Waals surface area (Å²) in [6.07, 6.45) is 9.15. The molecule has 4 aliphatic carbocycles. The smallest absolute Gasteiger partial charge is 0.0661 e. The zero-order chi connectivity index (χ0) is 17.1. The first-order chi connectivity index (χ1) is 11.4. The van der Waals surface area contributed by atoms with Gasteiger partial charge in [-0.2, -0.15) is 5.10 Å². The molecule has 6 atom stereocenters. The average Bonchev–Trinajstić information content (AvgIpc) is 2.86. The number of nitrogens with one attached hydrogen (secondary N) is 1. The van der Waals surface area contributed by atoms with Gasteiger partial charge in [-0.15, -0.1) is 0 Å². The van der Waals surface area contributed by atoms with E-state index in [1.54, 1.807) is 0 Å². The standard InChI is InChI=1S/C19H28N2O2S/c1-18-8-7-15-13(14(18)5-6-16(18)20-21-24)4-3-11-9-12(22)10-17(23)19(11,15)2/h3-4,12,14-15,17,21-24H,5-10H2,1-2H3/b20-16+/t12-,14?,15?,17+,18+,19+/m1/s1. The number of rotatable bonds is 1. The number of hydrogen-bond donors (Lipinski definition) is 4. The molecule has 5 heteroatoms. The predicted octanol–water partition coefficient (Wildman–Crippen LogP) is 2.99. The third-order valence-electron chi connectivity index (χ3n) is 7.58. The number of aliphatic hydroxyl groups is 2. The van der Waals surface area contributed by atoms with E-state index in [-0.39, 0.29) is 10.8 Å². The van der Waals surface area contributed by atoms with Crippen molar-refractivity contribution in [3.63, 3.8) is 0 Å². The molecule has 0 spiro atoms. The van der Waals surface area contributed by atoms with Gasteiger partial charge in [-0.3, -0.25) is 4.83 Å². The summed E-state index contributed by atoms with van der Waals surface area (Å²) in [6.45, 7) is 4.56. The Morgan fingerprint density at radius 3 is 2.75 bits per heavy atom. The third-order valence-corrected chi connectivity index (χ3v) is 7.68. The molecule has 4 aliphatic rings. The van der Waals surface area contributed by atoms with E-state index in [0.29, 0.717) is 24.7 Å². The first-order valence-corrected chi connectivity index (χ1v) is 9.59. The number of thiol groups is 1. The summed E-state index contributed by atoms with van der Waals surface area (Å²) in [5, 5.41) is 25.4. The lowest BCUT2D eigenvalue weighted by atomic mass is 9.50. The molecule has 3 saturated carbocycles. The summed E-state index contributed by atoms with van der Waals surface area (Å²) < 4.78 is 0. The maximum absolute atomic E-state index is 10.8. The van der Waals surface area contributed by atoms with E-state index < -0.39 is 12.2 Å². The molecule has 0 aliphatic heterocycles. The lowest BCUT2D eigenvalue weighted by Crippen LogP contribution is -2.52. The maximum Gasteiger partial charge on any atom is 0.0661 e.